The van der Waals surface area contributed by atoms with Crippen molar-refractivity contribution in [3.8, 4) is 0 Å². The number of amides is 1. The molecule has 2 aromatic rings. The monoisotopic (exact) mass is 329 g/mol. The van der Waals surface area contributed by atoms with E-state index in [-0.39, 0.29) is 23.2 Å². The molecule has 1 amide bonds. The third-order valence-corrected chi connectivity index (χ3v) is 3.82. The third-order valence-electron chi connectivity index (χ3n) is 3.82. The lowest BCUT2D eigenvalue weighted by Crippen LogP contribution is -2.16. The van der Waals surface area contributed by atoms with Gasteiger partial charge in [0.05, 0.1) is 17.1 Å². The SMILES string of the molecule is Cc1ccc(CNc2ccc(NC(=O)OC3CC3)c(N)c2F)cc1. The summed E-state index contributed by atoms with van der Waals surface area (Å²) in [5, 5.41) is 5.49. The summed E-state index contributed by atoms with van der Waals surface area (Å²) in [6.07, 6.45) is 1.12. The minimum atomic E-state index is -0.607. The smallest absolute Gasteiger partial charge is 0.411 e. The average molecular weight is 329 g/mol. The van der Waals surface area contributed by atoms with Crippen LogP contribution >= 0.6 is 0 Å². The molecule has 5 nitrogen and oxygen atoms in total. The molecular formula is C18H20FN3O2. The van der Waals surface area contributed by atoms with Gasteiger partial charge in [0.25, 0.3) is 0 Å². The first-order chi connectivity index (χ1) is 11.5. The first kappa shape index (κ1) is 16.1. The molecule has 3 rings (SSSR count). The highest BCUT2D eigenvalue weighted by Gasteiger charge is 2.26. The van der Waals surface area contributed by atoms with E-state index in [1.165, 1.54) is 5.56 Å². The van der Waals surface area contributed by atoms with Crippen LogP contribution < -0.4 is 16.4 Å². The highest BCUT2D eigenvalue weighted by Crippen LogP contribution is 2.29. The lowest BCUT2D eigenvalue weighted by atomic mass is 10.1. The van der Waals surface area contributed by atoms with E-state index in [0.29, 0.717) is 6.54 Å². The van der Waals surface area contributed by atoms with Gasteiger partial charge < -0.3 is 15.8 Å². The Bertz CT molecular complexity index is 743. The fourth-order valence-corrected chi connectivity index (χ4v) is 2.22. The summed E-state index contributed by atoms with van der Waals surface area (Å²) >= 11 is 0. The Labute approximate surface area is 140 Å². The van der Waals surface area contributed by atoms with Gasteiger partial charge >= 0.3 is 6.09 Å². The summed E-state index contributed by atoms with van der Waals surface area (Å²) in [6.45, 7) is 2.49. The van der Waals surface area contributed by atoms with Gasteiger partial charge in [0.1, 0.15) is 6.10 Å². The molecular weight excluding hydrogens is 309 g/mol. The predicted octanol–water partition coefficient (Wildman–Crippen LogP) is 4.04. The molecule has 0 aromatic heterocycles. The minimum absolute atomic E-state index is 0.0217. The highest BCUT2D eigenvalue weighted by molar-refractivity contribution is 5.90. The van der Waals surface area contributed by atoms with Crippen LogP contribution in [0.25, 0.3) is 0 Å². The second-order valence-corrected chi connectivity index (χ2v) is 5.96. The van der Waals surface area contributed by atoms with E-state index in [9.17, 15) is 9.18 Å². The quantitative estimate of drug-likeness (QED) is 0.724. The van der Waals surface area contributed by atoms with Crippen molar-refractivity contribution in [3.63, 3.8) is 0 Å². The minimum Gasteiger partial charge on any atom is -0.446 e. The Morgan fingerprint density at radius 3 is 2.54 bits per heavy atom. The van der Waals surface area contributed by atoms with Crippen molar-refractivity contribution in [2.75, 3.05) is 16.4 Å². The molecule has 1 aliphatic carbocycles. The molecule has 0 bridgehead atoms. The van der Waals surface area contributed by atoms with Gasteiger partial charge in [-0.3, -0.25) is 5.32 Å². The van der Waals surface area contributed by atoms with Crippen molar-refractivity contribution in [3.05, 3.63) is 53.3 Å². The number of hydrogen-bond donors (Lipinski definition) is 3. The van der Waals surface area contributed by atoms with Crippen molar-refractivity contribution in [2.24, 2.45) is 0 Å². The highest BCUT2D eigenvalue weighted by atomic mass is 19.1. The number of carbonyl (C=O) groups excluding carboxylic acids is 1. The van der Waals surface area contributed by atoms with E-state index < -0.39 is 11.9 Å². The Morgan fingerprint density at radius 2 is 1.88 bits per heavy atom. The van der Waals surface area contributed by atoms with Crippen LogP contribution in [0.15, 0.2) is 36.4 Å². The number of carbonyl (C=O) groups is 1. The van der Waals surface area contributed by atoms with Crippen LogP contribution in [0.4, 0.5) is 26.2 Å². The predicted molar refractivity (Wildman–Crippen MR) is 92.4 cm³/mol. The second kappa shape index (κ2) is 6.78. The number of nitrogen functional groups attached to an aromatic ring is 1. The molecule has 4 N–H and O–H groups in total. The lowest BCUT2D eigenvalue weighted by Gasteiger charge is -2.13. The van der Waals surface area contributed by atoms with Gasteiger partial charge in [-0.25, -0.2) is 9.18 Å². The van der Waals surface area contributed by atoms with E-state index in [1.54, 1.807) is 12.1 Å². The maximum Gasteiger partial charge on any atom is 0.411 e. The molecule has 2 aromatic carbocycles. The molecule has 0 spiro atoms. The number of halogens is 1. The Balaban J connectivity index is 1.65. The molecule has 6 heteroatoms. The van der Waals surface area contributed by atoms with Crippen molar-refractivity contribution in [2.45, 2.75) is 32.4 Å². The van der Waals surface area contributed by atoms with Crippen LogP contribution in [0.5, 0.6) is 0 Å². The first-order valence-electron chi connectivity index (χ1n) is 7.88. The first-order valence-corrected chi connectivity index (χ1v) is 7.88. The zero-order chi connectivity index (χ0) is 17.1. The Kier molecular flexibility index (Phi) is 4.55. The van der Waals surface area contributed by atoms with Gasteiger partial charge in [0.2, 0.25) is 0 Å². The molecule has 0 saturated heterocycles. The largest absolute Gasteiger partial charge is 0.446 e. The number of hydrogen-bond acceptors (Lipinski definition) is 4. The van der Waals surface area contributed by atoms with E-state index >= 15 is 0 Å². The van der Waals surface area contributed by atoms with Gasteiger partial charge in [-0.15, -0.1) is 0 Å². The van der Waals surface area contributed by atoms with Crippen molar-refractivity contribution < 1.29 is 13.9 Å². The fraction of sp³-hybridized carbons (Fsp3) is 0.278. The standard InChI is InChI=1S/C18H20FN3O2/c1-11-2-4-12(5-3-11)10-21-14-8-9-15(17(20)16(14)19)22-18(23)24-13-6-7-13/h2-5,8-9,13,21H,6-7,10,20H2,1H3,(H,22,23). The number of anilines is 3. The zero-order valence-electron chi connectivity index (χ0n) is 13.4. The van der Waals surface area contributed by atoms with E-state index in [2.05, 4.69) is 10.6 Å². The third kappa shape index (κ3) is 3.95. The Morgan fingerprint density at radius 1 is 1.21 bits per heavy atom. The van der Waals surface area contributed by atoms with Crippen molar-refractivity contribution in [1.29, 1.82) is 0 Å². The maximum atomic E-state index is 14.4. The average Bonchev–Trinajstić information content (AvgIpc) is 3.36. The normalized spacial score (nSPS) is 13.4. The molecule has 1 fully saturated rings. The van der Waals surface area contributed by atoms with E-state index in [0.717, 1.165) is 18.4 Å². The van der Waals surface area contributed by atoms with Crippen molar-refractivity contribution in [1.82, 2.24) is 0 Å². The second-order valence-electron chi connectivity index (χ2n) is 5.96. The van der Waals surface area contributed by atoms with Gasteiger partial charge in [0.15, 0.2) is 5.82 Å². The van der Waals surface area contributed by atoms with Crippen LogP contribution in [0, 0.1) is 12.7 Å². The molecule has 0 unspecified atom stereocenters. The molecule has 0 atom stereocenters. The van der Waals surface area contributed by atoms with Crippen LogP contribution in [0.2, 0.25) is 0 Å². The van der Waals surface area contributed by atoms with E-state index in [4.69, 9.17) is 10.5 Å². The summed E-state index contributed by atoms with van der Waals surface area (Å²) in [5.41, 5.74) is 8.37. The topological polar surface area (TPSA) is 76.4 Å². The fourth-order valence-electron chi connectivity index (χ4n) is 2.22. The molecule has 1 saturated carbocycles. The van der Waals surface area contributed by atoms with Gasteiger partial charge in [-0.05, 0) is 37.5 Å². The lowest BCUT2D eigenvalue weighted by molar-refractivity contribution is 0.154. The molecule has 126 valence electrons. The summed E-state index contributed by atoms with van der Waals surface area (Å²) in [6, 6.07) is 11.1. The summed E-state index contributed by atoms with van der Waals surface area (Å²) in [5.74, 6) is -0.591. The van der Waals surface area contributed by atoms with Crippen LogP contribution in [-0.4, -0.2) is 12.2 Å². The zero-order valence-corrected chi connectivity index (χ0v) is 13.4. The number of aryl methyl sites for hydroxylation is 1. The molecule has 1 aliphatic rings. The number of nitrogens with two attached hydrogens (primary N) is 1. The molecule has 24 heavy (non-hydrogen) atoms. The number of nitrogens with one attached hydrogen (secondary N) is 2. The van der Waals surface area contributed by atoms with Crippen LogP contribution in [0.1, 0.15) is 24.0 Å². The number of rotatable bonds is 5. The summed E-state index contributed by atoms with van der Waals surface area (Å²) in [4.78, 5) is 11.6. The van der Waals surface area contributed by atoms with Gasteiger partial charge in [-0.2, -0.15) is 0 Å². The summed E-state index contributed by atoms with van der Waals surface area (Å²) < 4.78 is 19.4. The van der Waals surface area contributed by atoms with Crippen molar-refractivity contribution >= 4 is 23.2 Å². The van der Waals surface area contributed by atoms with Crippen LogP contribution in [-0.2, 0) is 11.3 Å². The number of benzene rings is 2. The molecule has 0 radical (unpaired) electrons. The molecule has 0 heterocycles. The van der Waals surface area contributed by atoms with Gasteiger partial charge in [0, 0.05) is 6.54 Å². The summed E-state index contributed by atoms with van der Waals surface area (Å²) in [7, 11) is 0. The van der Waals surface area contributed by atoms with Crippen LogP contribution in [0.3, 0.4) is 0 Å². The number of ether oxygens (including phenoxy) is 1. The molecule has 0 aliphatic heterocycles. The van der Waals surface area contributed by atoms with E-state index in [1.807, 2.05) is 31.2 Å². The maximum absolute atomic E-state index is 14.4. The van der Waals surface area contributed by atoms with Gasteiger partial charge in [-0.1, -0.05) is 29.8 Å². The Hall–Kier alpha value is -2.76.